The van der Waals surface area contributed by atoms with Crippen LogP contribution in [0.1, 0.15) is 44.9 Å². The Morgan fingerprint density at radius 3 is 2.61 bits per heavy atom. The summed E-state index contributed by atoms with van der Waals surface area (Å²) in [5.74, 6) is 0.354. The van der Waals surface area contributed by atoms with E-state index in [0.29, 0.717) is 19.3 Å². The van der Waals surface area contributed by atoms with E-state index in [4.69, 9.17) is 4.74 Å². The van der Waals surface area contributed by atoms with Gasteiger partial charge in [-0.3, -0.25) is 4.79 Å². The van der Waals surface area contributed by atoms with Gasteiger partial charge in [-0.15, -0.1) is 0 Å². The van der Waals surface area contributed by atoms with Gasteiger partial charge in [-0.1, -0.05) is 25.7 Å². The highest BCUT2D eigenvalue weighted by Gasteiger charge is 2.21. The topological polar surface area (TPSA) is 50.4 Å². The van der Waals surface area contributed by atoms with Crippen molar-refractivity contribution in [2.75, 3.05) is 26.2 Å². The maximum absolute atomic E-state index is 11.7. The second-order valence-electron chi connectivity index (χ2n) is 5.47. The van der Waals surface area contributed by atoms with Crippen LogP contribution >= 0.6 is 0 Å². The molecule has 0 bridgehead atoms. The normalized spacial score (nSPS) is 25.9. The van der Waals surface area contributed by atoms with Gasteiger partial charge in [-0.25, -0.2) is 0 Å². The zero-order valence-corrected chi connectivity index (χ0v) is 11.2. The van der Waals surface area contributed by atoms with Crippen molar-refractivity contribution in [3.63, 3.8) is 0 Å². The molecule has 2 aliphatic rings. The van der Waals surface area contributed by atoms with E-state index >= 15 is 0 Å². The fraction of sp³-hybridized carbons (Fsp3) is 0.929. The lowest BCUT2D eigenvalue weighted by Gasteiger charge is -2.16. The van der Waals surface area contributed by atoms with Gasteiger partial charge in [0.1, 0.15) is 0 Å². The van der Waals surface area contributed by atoms with E-state index in [1.54, 1.807) is 0 Å². The van der Waals surface area contributed by atoms with Gasteiger partial charge in [-0.2, -0.15) is 0 Å². The highest BCUT2D eigenvalue weighted by atomic mass is 16.5. The molecule has 0 aromatic rings. The summed E-state index contributed by atoms with van der Waals surface area (Å²) in [6, 6.07) is 0. The molecule has 1 saturated heterocycles. The summed E-state index contributed by atoms with van der Waals surface area (Å²) in [7, 11) is 0. The van der Waals surface area contributed by atoms with Gasteiger partial charge in [0, 0.05) is 13.1 Å². The van der Waals surface area contributed by atoms with Gasteiger partial charge in [0.25, 0.3) is 0 Å². The number of ether oxygens (including phenoxy) is 1. The third kappa shape index (κ3) is 4.58. The lowest BCUT2D eigenvalue weighted by atomic mass is 10.1. The molecule has 2 rings (SSSR count). The third-order valence-electron chi connectivity index (χ3n) is 3.99. The molecule has 1 saturated carbocycles. The maximum atomic E-state index is 11.7. The van der Waals surface area contributed by atoms with E-state index in [2.05, 4.69) is 10.6 Å². The average molecular weight is 254 g/mol. The van der Waals surface area contributed by atoms with Crippen molar-refractivity contribution in [3.8, 4) is 0 Å². The van der Waals surface area contributed by atoms with Crippen molar-refractivity contribution in [1.29, 1.82) is 0 Å². The molecule has 0 unspecified atom stereocenters. The summed E-state index contributed by atoms with van der Waals surface area (Å²) in [5.41, 5.74) is 0. The van der Waals surface area contributed by atoms with Crippen molar-refractivity contribution >= 4 is 5.91 Å². The number of carbonyl (C=O) groups excluding carboxylic acids is 1. The molecule has 1 aliphatic carbocycles. The molecule has 2 N–H and O–H groups in total. The van der Waals surface area contributed by atoms with E-state index in [-0.39, 0.29) is 11.8 Å². The lowest BCUT2D eigenvalue weighted by molar-refractivity contribution is -0.124. The Balaban J connectivity index is 1.53. The molecule has 18 heavy (non-hydrogen) atoms. The van der Waals surface area contributed by atoms with Crippen LogP contribution in [0.25, 0.3) is 0 Å². The number of rotatable bonds is 5. The number of amides is 1. The molecule has 0 radical (unpaired) electrons. The summed E-state index contributed by atoms with van der Waals surface area (Å²) in [4.78, 5) is 11.7. The largest absolute Gasteiger partial charge is 0.376 e. The minimum atomic E-state index is 0.169. The van der Waals surface area contributed by atoms with Gasteiger partial charge in [0.15, 0.2) is 0 Å². The lowest BCUT2D eigenvalue weighted by Crippen LogP contribution is -2.34. The van der Waals surface area contributed by atoms with Gasteiger partial charge in [0.2, 0.25) is 5.91 Å². The van der Waals surface area contributed by atoms with Crippen LogP contribution < -0.4 is 10.6 Å². The fourth-order valence-electron chi connectivity index (χ4n) is 2.83. The average Bonchev–Trinajstić information content (AvgIpc) is 2.80. The van der Waals surface area contributed by atoms with E-state index in [0.717, 1.165) is 19.5 Å². The molecular formula is C14H26N2O2. The predicted molar refractivity (Wildman–Crippen MR) is 71.4 cm³/mol. The molecule has 104 valence electrons. The second kappa shape index (κ2) is 7.74. The van der Waals surface area contributed by atoms with Crippen molar-refractivity contribution in [3.05, 3.63) is 0 Å². The summed E-state index contributed by atoms with van der Waals surface area (Å²) in [6.07, 6.45) is 9.08. The Bertz CT molecular complexity index is 244. The Morgan fingerprint density at radius 2 is 1.94 bits per heavy atom. The zero-order valence-electron chi connectivity index (χ0n) is 11.2. The highest BCUT2D eigenvalue weighted by Crippen LogP contribution is 2.19. The van der Waals surface area contributed by atoms with Gasteiger partial charge < -0.3 is 15.4 Å². The van der Waals surface area contributed by atoms with Gasteiger partial charge in [0.05, 0.1) is 18.6 Å². The molecular weight excluding hydrogens is 228 g/mol. The molecule has 1 amide bonds. The first kappa shape index (κ1) is 13.8. The Kier molecular flexibility index (Phi) is 5.94. The first-order valence-electron chi connectivity index (χ1n) is 7.46. The molecule has 1 aliphatic heterocycles. The molecule has 1 atom stereocenters. The minimum absolute atomic E-state index is 0.169. The summed E-state index contributed by atoms with van der Waals surface area (Å²) in [6.45, 7) is 3.12. The number of hydrogen-bond acceptors (Lipinski definition) is 3. The van der Waals surface area contributed by atoms with Crippen molar-refractivity contribution in [2.24, 2.45) is 5.92 Å². The van der Waals surface area contributed by atoms with Crippen LogP contribution in [0, 0.1) is 5.92 Å². The third-order valence-corrected chi connectivity index (χ3v) is 3.99. The van der Waals surface area contributed by atoms with E-state index in [9.17, 15) is 4.79 Å². The first-order chi connectivity index (χ1) is 8.86. The second-order valence-corrected chi connectivity index (χ2v) is 5.47. The molecule has 4 nitrogen and oxygen atoms in total. The maximum Gasteiger partial charge on any atom is 0.224 e. The Labute approximate surface area is 110 Å². The Morgan fingerprint density at radius 1 is 1.17 bits per heavy atom. The van der Waals surface area contributed by atoms with Crippen LogP contribution in [-0.4, -0.2) is 38.3 Å². The van der Waals surface area contributed by atoms with E-state index in [1.807, 2.05) is 0 Å². The molecule has 0 spiro atoms. The summed E-state index contributed by atoms with van der Waals surface area (Å²) >= 11 is 0. The van der Waals surface area contributed by atoms with Crippen molar-refractivity contribution in [1.82, 2.24) is 10.6 Å². The number of carbonyl (C=O) groups is 1. The first-order valence-corrected chi connectivity index (χ1v) is 7.46. The van der Waals surface area contributed by atoms with Crippen LogP contribution in [0.15, 0.2) is 0 Å². The highest BCUT2D eigenvalue weighted by molar-refractivity contribution is 5.79. The van der Waals surface area contributed by atoms with Crippen LogP contribution in [0.4, 0.5) is 0 Å². The monoisotopic (exact) mass is 254 g/mol. The summed E-state index contributed by atoms with van der Waals surface area (Å²) in [5, 5.41) is 6.19. The molecule has 0 aromatic heterocycles. The van der Waals surface area contributed by atoms with Crippen LogP contribution in [0.5, 0.6) is 0 Å². The standard InChI is InChI=1S/C14H26N2O2/c17-14(12-7-8-15-11-12)16-9-10-18-13-5-3-1-2-4-6-13/h12-13,15H,1-11H2,(H,16,17)/t12-/m0/s1. The zero-order chi connectivity index (χ0) is 12.6. The number of hydrogen-bond donors (Lipinski definition) is 2. The van der Waals surface area contributed by atoms with Gasteiger partial charge in [-0.05, 0) is 25.8 Å². The SMILES string of the molecule is O=C(NCCOC1CCCCCC1)[C@H]1CCNC1. The molecule has 0 aromatic carbocycles. The molecule has 4 heteroatoms. The molecule has 1 heterocycles. The van der Waals surface area contributed by atoms with Crippen LogP contribution in [0.3, 0.4) is 0 Å². The summed E-state index contributed by atoms with van der Waals surface area (Å²) < 4.78 is 5.85. The van der Waals surface area contributed by atoms with E-state index < -0.39 is 0 Å². The van der Waals surface area contributed by atoms with E-state index in [1.165, 1.54) is 38.5 Å². The smallest absolute Gasteiger partial charge is 0.224 e. The van der Waals surface area contributed by atoms with Gasteiger partial charge >= 0.3 is 0 Å². The van der Waals surface area contributed by atoms with Crippen molar-refractivity contribution in [2.45, 2.75) is 51.0 Å². The molecule has 2 fully saturated rings. The quantitative estimate of drug-likeness (QED) is 0.577. The van der Waals surface area contributed by atoms with Crippen LogP contribution in [-0.2, 0) is 9.53 Å². The van der Waals surface area contributed by atoms with Crippen LogP contribution in [0.2, 0.25) is 0 Å². The predicted octanol–water partition coefficient (Wildman–Crippen LogP) is 1.45. The van der Waals surface area contributed by atoms with Crippen molar-refractivity contribution < 1.29 is 9.53 Å². The number of nitrogens with one attached hydrogen (secondary N) is 2. The minimum Gasteiger partial charge on any atom is -0.376 e. The Hall–Kier alpha value is -0.610. The fourth-order valence-corrected chi connectivity index (χ4v) is 2.83.